The zero-order valence-electron chi connectivity index (χ0n) is 9.89. The molecule has 1 fully saturated rings. The van der Waals surface area contributed by atoms with E-state index in [-0.39, 0.29) is 0 Å². The lowest BCUT2D eigenvalue weighted by Gasteiger charge is -2.20. The summed E-state index contributed by atoms with van der Waals surface area (Å²) in [4.78, 5) is 0. The van der Waals surface area contributed by atoms with Crippen molar-refractivity contribution >= 4 is 27.3 Å². The van der Waals surface area contributed by atoms with Gasteiger partial charge in [-0.15, -0.1) is 0 Å². The largest absolute Gasteiger partial charge is 0.398 e. The second kappa shape index (κ2) is 4.66. The van der Waals surface area contributed by atoms with Crippen LogP contribution in [0.4, 0.5) is 11.4 Å². The fraction of sp³-hybridized carbons (Fsp3) is 0.538. The molecule has 1 aromatic carbocycles. The van der Waals surface area contributed by atoms with Gasteiger partial charge in [-0.05, 0) is 59.3 Å². The third-order valence-corrected chi connectivity index (χ3v) is 4.21. The summed E-state index contributed by atoms with van der Waals surface area (Å²) >= 11 is 3.57. The molecule has 88 valence electrons. The van der Waals surface area contributed by atoms with E-state index in [4.69, 9.17) is 5.73 Å². The van der Waals surface area contributed by atoms with Gasteiger partial charge in [-0.25, -0.2) is 0 Å². The van der Waals surface area contributed by atoms with Crippen molar-refractivity contribution in [3.8, 4) is 0 Å². The predicted octanol–water partition coefficient (Wildman–Crippen LogP) is 3.94. The lowest BCUT2D eigenvalue weighted by atomic mass is 10.1. The average Bonchev–Trinajstić information content (AvgIpc) is 2.61. The molecule has 2 unspecified atom stereocenters. The molecule has 0 heterocycles. The maximum atomic E-state index is 5.87. The highest BCUT2D eigenvalue weighted by Crippen LogP contribution is 2.33. The summed E-state index contributed by atoms with van der Waals surface area (Å²) in [5.41, 5.74) is 9.02. The molecule has 0 radical (unpaired) electrons. The number of aryl methyl sites for hydroxylation is 1. The van der Waals surface area contributed by atoms with E-state index in [9.17, 15) is 0 Å². The Bertz CT molecular complexity index is 390. The van der Waals surface area contributed by atoms with Crippen molar-refractivity contribution in [2.24, 2.45) is 5.92 Å². The zero-order valence-corrected chi connectivity index (χ0v) is 11.5. The number of hydrogen-bond donors (Lipinski definition) is 2. The number of nitrogens with two attached hydrogens (primary N) is 1. The lowest BCUT2D eigenvalue weighted by molar-refractivity contribution is 0.556. The maximum absolute atomic E-state index is 5.87. The number of rotatable bonds is 2. The van der Waals surface area contributed by atoms with Crippen molar-refractivity contribution in [2.45, 2.75) is 39.2 Å². The molecular formula is C13H19BrN2. The van der Waals surface area contributed by atoms with E-state index < -0.39 is 0 Å². The number of anilines is 2. The Labute approximate surface area is 106 Å². The molecule has 1 aliphatic rings. The van der Waals surface area contributed by atoms with Crippen LogP contribution in [0.2, 0.25) is 0 Å². The van der Waals surface area contributed by atoms with E-state index in [2.05, 4.69) is 34.2 Å². The van der Waals surface area contributed by atoms with Gasteiger partial charge in [-0.3, -0.25) is 0 Å². The Hall–Kier alpha value is -0.700. The molecular weight excluding hydrogens is 264 g/mol. The number of nitrogen functional groups attached to an aromatic ring is 1. The van der Waals surface area contributed by atoms with Crippen LogP contribution in [0.5, 0.6) is 0 Å². The molecule has 0 aromatic heterocycles. The summed E-state index contributed by atoms with van der Waals surface area (Å²) in [5, 5.41) is 3.62. The molecule has 0 bridgehead atoms. The van der Waals surface area contributed by atoms with Crippen LogP contribution in [0.15, 0.2) is 16.6 Å². The van der Waals surface area contributed by atoms with E-state index in [1.807, 2.05) is 13.0 Å². The highest BCUT2D eigenvalue weighted by atomic mass is 79.9. The van der Waals surface area contributed by atoms with Crippen molar-refractivity contribution in [3.05, 3.63) is 22.2 Å². The Morgan fingerprint density at radius 1 is 1.38 bits per heavy atom. The Morgan fingerprint density at radius 2 is 2.12 bits per heavy atom. The highest BCUT2D eigenvalue weighted by molar-refractivity contribution is 9.10. The number of benzene rings is 1. The normalized spacial score (nSPS) is 24.7. The first-order chi connectivity index (χ1) is 7.58. The van der Waals surface area contributed by atoms with E-state index >= 15 is 0 Å². The molecule has 2 rings (SSSR count). The van der Waals surface area contributed by atoms with Crippen molar-refractivity contribution in [1.29, 1.82) is 0 Å². The van der Waals surface area contributed by atoms with Crippen LogP contribution in [-0.2, 0) is 0 Å². The summed E-state index contributed by atoms with van der Waals surface area (Å²) in [6, 6.07) is 4.72. The molecule has 3 N–H and O–H groups in total. The van der Waals surface area contributed by atoms with Gasteiger partial charge in [0.1, 0.15) is 0 Å². The van der Waals surface area contributed by atoms with Gasteiger partial charge in [-0.1, -0.05) is 13.3 Å². The van der Waals surface area contributed by atoms with Crippen molar-refractivity contribution < 1.29 is 0 Å². The standard InChI is InChI=1S/C13H19BrN2/c1-8-4-3-5-12(8)16-13-6-9(2)11(15)7-10(13)14/h6-8,12,16H,3-5,15H2,1-2H3. The monoisotopic (exact) mass is 282 g/mol. The molecule has 2 atom stereocenters. The molecule has 0 amide bonds. The van der Waals surface area contributed by atoms with Crippen LogP contribution < -0.4 is 11.1 Å². The van der Waals surface area contributed by atoms with Gasteiger partial charge in [0.2, 0.25) is 0 Å². The predicted molar refractivity (Wildman–Crippen MR) is 73.7 cm³/mol. The van der Waals surface area contributed by atoms with Gasteiger partial charge >= 0.3 is 0 Å². The first-order valence-corrected chi connectivity index (χ1v) is 6.69. The van der Waals surface area contributed by atoms with Crippen molar-refractivity contribution in [2.75, 3.05) is 11.1 Å². The number of hydrogen-bond acceptors (Lipinski definition) is 2. The number of nitrogens with one attached hydrogen (secondary N) is 1. The van der Waals surface area contributed by atoms with Gasteiger partial charge in [0.05, 0.1) is 0 Å². The van der Waals surface area contributed by atoms with Gasteiger partial charge < -0.3 is 11.1 Å². The number of halogens is 1. The van der Waals surface area contributed by atoms with Crippen LogP contribution >= 0.6 is 15.9 Å². The summed E-state index contributed by atoms with van der Waals surface area (Å²) in [5.74, 6) is 0.768. The van der Waals surface area contributed by atoms with E-state index in [0.717, 1.165) is 21.6 Å². The molecule has 16 heavy (non-hydrogen) atoms. The van der Waals surface area contributed by atoms with Crippen molar-refractivity contribution in [3.63, 3.8) is 0 Å². The average molecular weight is 283 g/mol. The Balaban J connectivity index is 2.18. The Kier molecular flexibility index (Phi) is 3.43. The molecule has 0 aliphatic heterocycles. The molecule has 2 nitrogen and oxygen atoms in total. The summed E-state index contributed by atoms with van der Waals surface area (Å²) < 4.78 is 1.06. The quantitative estimate of drug-likeness (QED) is 0.807. The second-order valence-corrected chi connectivity index (χ2v) is 5.70. The maximum Gasteiger partial charge on any atom is 0.0491 e. The minimum absolute atomic E-state index is 0.610. The zero-order chi connectivity index (χ0) is 11.7. The van der Waals surface area contributed by atoms with E-state index in [0.29, 0.717) is 6.04 Å². The summed E-state index contributed by atoms with van der Waals surface area (Å²) in [6.07, 6.45) is 3.95. The van der Waals surface area contributed by atoms with E-state index in [1.165, 1.54) is 24.9 Å². The fourth-order valence-corrected chi connectivity index (χ4v) is 2.84. The van der Waals surface area contributed by atoms with Crippen LogP contribution in [0.3, 0.4) is 0 Å². The van der Waals surface area contributed by atoms with Gasteiger partial charge in [-0.2, -0.15) is 0 Å². The highest BCUT2D eigenvalue weighted by Gasteiger charge is 2.23. The van der Waals surface area contributed by atoms with Gasteiger partial charge in [0, 0.05) is 21.9 Å². The summed E-state index contributed by atoms with van der Waals surface area (Å²) in [6.45, 7) is 4.37. The van der Waals surface area contributed by atoms with Crippen LogP contribution in [-0.4, -0.2) is 6.04 Å². The molecule has 1 saturated carbocycles. The van der Waals surface area contributed by atoms with Gasteiger partial charge in [0.25, 0.3) is 0 Å². The molecule has 0 saturated heterocycles. The van der Waals surface area contributed by atoms with E-state index in [1.54, 1.807) is 0 Å². The van der Waals surface area contributed by atoms with Gasteiger partial charge in [0.15, 0.2) is 0 Å². The smallest absolute Gasteiger partial charge is 0.0491 e. The van der Waals surface area contributed by atoms with Crippen LogP contribution in [0, 0.1) is 12.8 Å². The molecule has 0 spiro atoms. The first-order valence-electron chi connectivity index (χ1n) is 5.90. The molecule has 1 aliphatic carbocycles. The van der Waals surface area contributed by atoms with Crippen LogP contribution in [0.25, 0.3) is 0 Å². The third kappa shape index (κ3) is 2.34. The van der Waals surface area contributed by atoms with Crippen molar-refractivity contribution in [1.82, 2.24) is 0 Å². The molecule has 3 heteroatoms. The first kappa shape index (κ1) is 11.8. The minimum atomic E-state index is 0.610. The topological polar surface area (TPSA) is 38.0 Å². The minimum Gasteiger partial charge on any atom is -0.398 e. The fourth-order valence-electron chi connectivity index (χ4n) is 2.37. The molecule has 1 aromatic rings. The third-order valence-electron chi connectivity index (χ3n) is 3.56. The SMILES string of the molecule is Cc1cc(NC2CCCC2C)c(Br)cc1N. The van der Waals surface area contributed by atoms with Crippen LogP contribution in [0.1, 0.15) is 31.7 Å². The lowest BCUT2D eigenvalue weighted by Crippen LogP contribution is -2.22. The Morgan fingerprint density at radius 3 is 2.75 bits per heavy atom. The summed E-state index contributed by atoms with van der Waals surface area (Å²) in [7, 11) is 0. The second-order valence-electron chi connectivity index (χ2n) is 4.85.